The number of nitrogens with zero attached hydrogens (tertiary/aromatic N) is 1. The predicted octanol–water partition coefficient (Wildman–Crippen LogP) is 1.13. The van der Waals surface area contributed by atoms with Gasteiger partial charge in [0.2, 0.25) is 5.91 Å². The third-order valence-electron chi connectivity index (χ3n) is 1.97. The molecule has 1 amide bonds. The summed E-state index contributed by atoms with van der Waals surface area (Å²) in [4.78, 5) is 16.5. The number of nitrogens with one attached hydrogen (secondary N) is 1. The van der Waals surface area contributed by atoms with Crippen molar-refractivity contribution < 1.29 is 13.2 Å². The molecule has 0 spiro atoms. The topological polar surface area (TPSA) is 76.1 Å². The summed E-state index contributed by atoms with van der Waals surface area (Å²) in [5, 5.41) is 3.10. The molecule has 5 nitrogen and oxygen atoms in total. The summed E-state index contributed by atoms with van der Waals surface area (Å²) in [6.07, 6.45) is 1.08. The molecule has 0 aromatic carbocycles. The van der Waals surface area contributed by atoms with E-state index in [1.807, 2.05) is 13.8 Å². The predicted molar refractivity (Wildman–Crippen MR) is 64.5 cm³/mol. The maximum Gasteiger partial charge on any atom is 0.227 e. The van der Waals surface area contributed by atoms with Crippen molar-refractivity contribution in [2.45, 2.75) is 20.3 Å². The normalized spacial score (nSPS) is 11.4. The monoisotopic (exact) mass is 262 g/mol. The number of hydrogen-bond acceptors (Lipinski definition) is 5. The maximum absolute atomic E-state index is 11.4. The van der Waals surface area contributed by atoms with Crippen LogP contribution in [0.15, 0.2) is 0 Å². The second-order valence-corrected chi connectivity index (χ2v) is 7.05. The minimum atomic E-state index is -3.09. The molecule has 7 heteroatoms. The Labute approximate surface area is 98.8 Å². The Morgan fingerprint density at radius 1 is 1.44 bits per heavy atom. The summed E-state index contributed by atoms with van der Waals surface area (Å²) in [5.41, 5.74) is 0.878. The van der Waals surface area contributed by atoms with E-state index in [0.717, 1.165) is 16.8 Å². The molecule has 1 heterocycles. The molecule has 0 atom stereocenters. The summed E-state index contributed by atoms with van der Waals surface area (Å²) >= 11 is 1.38. The third kappa shape index (κ3) is 4.28. The smallest absolute Gasteiger partial charge is 0.227 e. The van der Waals surface area contributed by atoms with E-state index < -0.39 is 9.84 Å². The van der Waals surface area contributed by atoms with Gasteiger partial charge in [0.05, 0.1) is 11.4 Å². The fraction of sp³-hybridized carbons (Fsp3) is 0.556. The van der Waals surface area contributed by atoms with Gasteiger partial charge in [-0.25, -0.2) is 13.4 Å². The first-order valence-corrected chi connectivity index (χ1v) is 7.57. The van der Waals surface area contributed by atoms with Gasteiger partial charge in [-0.2, -0.15) is 0 Å². The van der Waals surface area contributed by atoms with Crippen molar-refractivity contribution in [1.82, 2.24) is 4.98 Å². The molecule has 0 fully saturated rings. The number of rotatable bonds is 4. The highest BCUT2D eigenvalue weighted by molar-refractivity contribution is 7.90. The molecule has 0 radical (unpaired) electrons. The van der Waals surface area contributed by atoms with E-state index in [-0.39, 0.29) is 18.1 Å². The van der Waals surface area contributed by atoms with E-state index >= 15 is 0 Å². The van der Waals surface area contributed by atoms with Crippen molar-refractivity contribution in [1.29, 1.82) is 0 Å². The quantitative estimate of drug-likeness (QED) is 0.882. The largest absolute Gasteiger partial charge is 0.302 e. The molecule has 1 N–H and O–H groups in total. The summed E-state index contributed by atoms with van der Waals surface area (Å²) in [6.45, 7) is 3.77. The lowest BCUT2D eigenvalue weighted by Gasteiger charge is -1.99. The zero-order valence-corrected chi connectivity index (χ0v) is 11.0. The van der Waals surface area contributed by atoms with E-state index in [1.54, 1.807) is 0 Å². The number of aryl methyl sites for hydroxylation is 2. The number of carbonyl (C=O) groups excluding carboxylic acids is 1. The van der Waals surface area contributed by atoms with Crippen LogP contribution >= 0.6 is 11.3 Å². The number of aromatic nitrogens is 1. The van der Waals surface area contributed by atoms with E-state index in [0.29, 0.717) is 5.13 Å². The molecule has 1 aromatic heterocycles. The van der Waals surface area contributed by atoms with Crippen LogP contribution in [0.25, 0.3) is 0 Å². The van der Waals surface area contributed by atoms with E-state index in [9.17, 15) is 13.2 Å². The zero-order chi connectivity index (χ0) is 12.3. The lowest BCUT2D eigenvalue weighted by atomic mass is 10.4. The Kier molecular flexibility index (Phi) is 4.03. The highest BCUT2D eigenvalue weighted by Gasteiger charge is 2.10. The Bertz CT molecular complexity index is 471. The molecule has 0 unspecified atom stereocenters. The Morgan fingerprint density at radius 3 is 2.50 bits per heavy atom. The molecule has 0 bridgehead atoms. The van der Waals surface area contributed by atoms with Gasteiger partial charge in [-0.15, -0.1) is 11.3 Å². The molecule has 16 heavy (non-hydrogen) atoms. The van der Waals surface area contributed by atoms with Crippen molar-refractivity contribution in [3.8, 4) is 0 Å². The van der Waals surface area contributed by atoms with Gasteiger partial charge in [-0.1, -0.05) is 0 Å². The van der Waals surface area contributed by atoms with E-state index in [1.165, 1.54) is 11.3 Å². The Morgan fingerprint density at radius 2 is 2.06 bits per heavy atom. The summed E-state index contributed by atoms with van der Waals surface area (Å²) in [6, 6.07) is 0. The van der Waals surface area contributed by atoms with Crippen LogP contribution < -0.4 is 5.32 Å². The fourth-order valence-electron chi connectivity index (χ4n) is 0.986. The summed E-state index contributed by atoms with van der Waals surface area (Å²) in [7, 11) is -3.09. The summed E-state index contributed by atoms with van der Waals surface area (Å²) < 4.78 is 21.7. The number of hydrogen-bond donors (Lipinski definition) is 1. The molecule has 0 aliphatic carbocycles. The van der Waals surface area contributed by atoms with Crippen molar-refractivity contribution in [2.75, 3.05) is 17.3 Å². The molecule has 90 valence electrons. The lowest BCUT2D eigenvalue weighted by molar-refractivity contribution is -0.115. The molecule has 1 rings (SSSR count). The first-order valence-electron chi connectivity index (χ1n) is 4.69. The van der Waals surface area contributed by atoms with Crippen LogP contribution in [0.2, 0.25) is 0 Å². The molecule has 1 aromatic rings. The SMILES string of the molecule is Cc1nc(NC(=O)CCS(C)(=O)=O)sc1C. The fourth-order valence-corrected chi connectivity index (χ4v) is 2.37. The third-order valence-corrected chi connectivity index (χ3v) is 3.91. The number of sulfone groups is 1. The first kappa shape index (κ1) is 13.1. The van der Waals surface area contributed by atoms with Crippen molar-refractivity contribution in [3.05, 3.63) is 10.6 Å². The average molecular weight is 262 g/mol. The van der Waals surface area contributed by atoms with Crippen molar-refractivity contribution in [2.24, 2.45) is 0 Å². The van der Waals surface area contributed by atoms with Gasteiger partial charge in [0, 0.05) is 17.6 Å². The standard InChI is InChI=1S/C9H14N2O3S2/c1-6-7(2)15-9(10-6)11-8(12)4-5-16(3,13)14/h4-5H2,1-3H3,(H,10,11,12). The molecule has 0 aliphatic rings. The molecular formula is C9H14N2O3S2. The highest BCUT2D eigenvalue weighted by atomic mass is 32.2. The van der Waals surface area contributed by atoms with Crippen molar-refractivity contribution in [3.63, 3.8) is 0 Å². The van der Waals surface area contributed by atoms with Crippen LogP contribution in [-0.4, -0.2) is 31.3 Å². The van der Waals surface area contributed by atoms with Gasteiger partial charge in [0.25, 0.3) is 0 Å². The lowest BCUT2D eigenvalue weighted by Crippen LogP contribution is -2.16. The maximum atomic E-state index is 11.4. The summed E-state index contributed by atoms with van der Waals surface area (Å²) in [5.74, 6) is -0.457. The van der Waals surface area contributed by atoms with Gasteiger partial charge in [0.1, 0.15) is 9.84 Å². The van der Waals surface area contributed by atoms with Gasteiger partial charge in [-0.3, -0.25) is 4.79 Å². The first-order chi connectivity index (χ1) is 7.28. The highest BCUT2D eigenvalue weighted by Crippen LogP contribution is 2.21. The van der Waals surface area contributed by atoms with Gasteiger partial charge in [-0.05, 0) is 13.8 Å². The Hall–Kier alpha value is -0.950. The number of amides is 1. The molecule has 0 aliphatic heterocycles. The van der Waals surface area contributed by atoms with Crippen LogP contribution in [0.1, 0.15) is 17.0 Å². The van der Waals surface area contributed by atoms with Crippen LogP contribution in [-0.2, 0) is 14.6 Å². The molecular weight excluding hydrogens is 248 g/mol. The number of carbonyl (C=O) groups is 1. The Balaban J connectivity index is 2.52. The van der Waals surface area contributed by atoms with Crippen LogP contribution in [0.5, 0.6) is 0 Å². The van der Waals surface area contributed by atoms with Crippen LogP contribution in [0, 0.1) is 13.8 Å². The van der Waals surface area contributed by atoms with Gasteiger partial charge >= 0.3 is 0 Å². The average Bonchev–Trinajstić information content (AvgIpc) is 2.41. The van der Waals surface area contributed by atoms with E-state index in [4.69, 9.17) is 0 Å². The van der Waals surface area contributed by atoms with Crippen molar-refractivity contribution >= 4 is 32.2 Å². The van der Waals surface area contributed by atoms with Gasteiger partial charge < -0.3 is 5.32 Å². The van der Waals surface area contributed by atoms with Crippen LogP contribution in [0.3, 0.4) is 0 Å². The van der Waals surface area contributed by atoms with E-state index in [2.05, 4.69) is 10.3 Å². The molecule has 0 saturated carbocycles. The molecule has 0 saturated heterocycles. The second-order valence-electron chi connectivity index (χ2n) is 3.59. The zero-order valence-electron chi connectivity index (χ0n) is 9.40. The second kappa shape index (κ2) is 4.92. The minimum Gasteiger partial charge on any atom is -0.302 e. The number of thiazole rings is 1. The van der Waals surface area contributed by atoms with Gasteiger partial charge in [0.15, 0.2) is 5.13 Å². The van der Waals surface area contributed by atoms with Crippen LogP contribution in [0.4, 0.5) is 5.13 Å². The number of anilines is 1. The minimum absolute atomic E-state index is 0.0312.